The van der Waals surface area contributed by atoms with E-state index < -0.39 is 11.1 Å². The Morgan fingerprint density at radius 2 is 2.09 bits per heavy atom. The van der Waals surface area contributed by atoms with E-state index in [-0.39, 0.29) is 10.9 Å². The highest BCUT2D eigenvalue weighted by Gasteiger charge is 2.00. The van der Waals surface area contributed by atoms with Crippen molar-refractivity contribution in [3.63, 3.8) is 0 Å². The molecule has 1 unspecified atom stereocenters. The molecule has 5 nitrogen and oxygen atoms in total. The van der Waals surface area contributed by atoms with Crippen LogP contribution in [0.1, 0.15) is 0 Å². The molecule has 1 rings (SSSR count). The van der Waals surface area contributed by atoms with Gasteiger partial charge in [-0.25, -0.2) is 14.2 Å². The quantitative estimate of drug-likeness (QED) is 0.642. The molecule has 1 aromatic heterocycles. The minimum Gasteiger partial charge on any atom is -0.467 e. The van der Waals surface area contributed by atoms with Crippen LogP contribution in [-0.4, -0.2) is 25.8 Å². The Morgan fingerprint density at radius 3 is 2.45 bits per heavy atom. The summed E-state index contributed by atoms with van der Waals surface area (Å²) in [6.45, 7) is 0. The van der Waals surface area contributed by atoms with Crippen molar-refractivity contribution in [2.45, 2.75) is 4.90 Å². The molecule has 0 bridgehead atoms. The molecule has 0 fully saturated rings. The van der Waals surface area contributed by atoms with Crippen LogP contribution < -0.4 is 4.74 Å². The van der Waals surface area contributed by atoms with E-state index in [4.69, 9.17) is 4.55 Å². The monoisotopic (exact) mass is 174 g/mol. The molecule has 1 heterocycles. The topological polar surface area (TPSA) is 72.3 Å². The highest BCUT2D eigenvalue weighted by molar-refractivity contribution is 7.79. The first kappa shape index (κ1) is 8.09. The van der Waals surface area contributed by atoms with Crippen LogP contribution in [0.25, 0.3) is 0 Å². The van der Waals surface area contributed by atoms with Crippen molar-refractivity contribution in [3.05, 3.63) is 12.4 Å². The molecule has 0 aliphatic rings. The molecule has 0 amide bonds. The fourth-order valence-electron chi connectivity index (χ4n) is 0.500. The molecule has 11 heavy (non-hydrogen) atoms. The van der Waals surface area contributed by atoms with E-state index in [2.05, 4.69) is 14.7 Å². The molecule has 0 aliphatic heterocycles. The lowest BCUT2D eigenvalue weighted by molar-refractivity contribution is 0.378. The van der Waals surface area contributed by atoms with Crippen LogP contribution in [-0.2, 0) is 11.1 Å². The van der Waals surface area contributed by atoms with Crippen LogP contribution in [0.4, 0.5) is 0 Å². The average Bonchev–Trinajstić information content (AvgIpc) is 2.05. The van der Waals surface area contributed by atoms with Crippen molar-refractivity contribution in [2.75, 3.05) is 7.11 Å². The maximum Gasteiger partial charge on any atom is 0.316 e. The first-order valence-corrected chi connectivity index (χ1v) is 3.81. The van der Waals surface area contributed by atoms with Gasteiger partial charge in [0, 0.05) is 0 Å². The summed E-state index contributed by atoms with van der Waals surface area (Å²) in [6.07, 6.45) is 2.48. The second-order valence-electron chi connectivity index (χ2n) is 1.65. The predicted octanol–water partition coefficient (Wildman–Crippen LogP) is 0.0658. The van der Waals surface area contributed by atoms with Crippen molar-refractivity contribution in [3.8, 4) is 6.01 Å². The number of aromatic nitrogens is 2. The van der Waals surface area contributed by atoms with Crippen LogP contribution >= 0.6 is 0 Å². The number of nitrogens with zero attached hydrogens (tertiary/aromatic N) is 2. The fraction of sp³-hybridized carbons (Fsp3) is 0.200. The highest BCUT2D eigenvalue weighted by atomic mass is 32.2. The van der Waals surface area contributed by atoms with Gasteiger partial charge in [-0.05, 0) is 0 Å². The summed E-state index contributed by atoms with van der Waals surface area (Å²) >= 11 is -2.02. The molecule has 0 aromatic carbocycles. The Labute approximate surface area is 65.7 Å². The number of hydrogen-bond acceptors (Lipinski definition) is 4. The maximum atomic E-state index is 10.4. The zero-order valence-corrected chi connectivity index (χ0v) is 6.54. The Bertz CT molecular complexity index is 261. The molecule has 6 heteroatoms. The molecule has 60 valence electrons. The summed E-state index contributed by atoms with van der Waals surface area (Å²) < 4.78 is 23.6. The van der Waals surface area contributed by atoms with Crippen LogP contribution in [0.2, 0.25) is 0 Å². The van der Waals surface area contributed by atoms with E-state index in [0.29, 0.717) is 0 Å². The van der Waals surface area contributed by atoms with Gasteiger partial charge in [-0.2, -0.15) is 0 Å². The van der Waals surface area contributed by atoms with E-state index in [1.54, 1.807) is 0 Å². The van der Waals surface area contributed by atoms with E-state index in [0.717, 1.165) is 0 Å². The number of rotatable bonds is 2. The molecule has 0 radical (unpaired) electrons. The zero-order chi connectivity index (χ0) is 8.27. The normalized spacial score (nSPS) is 12.5. The van der Waals surface area contributed by atoms with Gasteiger partial charge in [0.1, 0.15) is 4.90 Å². The number of methoxy groups -OCH3 is 1. The number of hydrogen-bond donors (Lipinski definition) is 1. The van der Waals surface area contributed by atoms with Gasteiger partial charge in [0.05, 0.1) is 19.5 Å². The van der Waals surface area contributed by atoms with Crippen molar-refractivity contribution in [2.24, 2.45) is 0 Å². The molecular formula is C5H6N2O3S. The second kappa shape index (κ2) is 3.40. The van der Waals surface area contributed by atoms with Crippen molar-refractivity contribution < 1.29 is 13.5 Å². The molecule has 1 atom stereocenters. The molecular weight excluding hydrogens is 168 g/mol. The molecule has 1 aromatic rings. The summed E-state index contributed by atoms with van der Waals surface area (Å²) in [5, 5.41) is 0. The van der Waals surface area contributed by atoms with Gasteiger partial charge in [0.25, 0.3) is 0 Å². The van der Waals surface area contributed by atoms with Gasteiger partial charge in [0.2, 0.25) is 0 Å². The van der Waals surface area contributed by atoms with E-state index in [1.165, 1.54) is 19.5 Å². The summed E-state index contributed by atoms with van der Waals surface area (Å²) in [4.78, 5) is 7.42. The lowest BCUT2D eigenvalue weighted by Gasteiger charge is -1.95. The third kappa shape index (κ3) is 1.95. The summed E-state index contributed by atoms with van der Waals surface area (Å²) in [7, 11) is 1.42. The molecule has 0 saturated heterocycles. The molecule has 1 N–H and O–H groups in total. The van der Waals surface area contributed by atoms with Crippen molar-refractivity contribution in [1.82, 2.24) is 9.97 Å². The third-order valence-electron chi connectivity index (χ3n) is 0.989. The van der Waals surface area contributed by atoms with Crippen molar-refractivity contribution >= 4 is 11.1 Å². The third-order valence-corrected chi connectivity index (χ3v) is 1.60. The van der Waals surface area contributed by atoms with Gasteiger partial charge in [-0.3, -0.25) is 0 Å². The molecule has 0 saturated carbocycles. The number of ether oxygens (including phenoxy) is 1. The highest BCUT2D eigenvalue weighted by Crippen LogP contribution is 2.03. The van der Waals surface area contributed by atoms with Crippen molar-refractivity contribution in [1.29, 1.82) is 0 Å². The summed E-state index contributed by atoms with van der Waals surface area (Å²) in [5.41, 5.74) is 0. The minimum absolute atomic E-state index is 0.158. The maximum absolute atomic E-state index is 10.4. The first-order valence-electron chi connectivity index (χ1n) is 2.71. The molecule has 0 spiro atoms. The fourth-order valence-corrected chi connectivity index (χ4v) is 0.786. The second-order valence-corrected chi connectivity index (χ2v) is 2.62. The first-order chi connectivity index (χ1) is 5.24. The Morgan fingerprint density at radius 1 is 1.55 bits per heavy atom. The Balaban J connectivity index is 2.91. The Kier molecular flexibility index (Phi) is 2.50. The summed E-state index contributed by atoms with van der Waals surface area (Å²) in [5.74, 6) is 0. The Hall–Kier alpha value is -1.01. The van der Waals surface area contributed by atoms with Gasteiger partial charge in [-0.1, -0.05) is 0 Å². The van der Waals surface area contributed by atoms with E-state index >= 15 is 0 Å². The van der Waals surface area contributed by atoms with Gasteiger partial charge in [0.15, 0.2) is 11.1 Å². The van der Waals surface area contributed by atoms with Crippen LogP contribution in [0, 0.1) is 0 Å². The van der Waals surface area contributed by atoms with Crippen LogP contribution in [0.3, 0.4) is 0 Å². The zero-order valence-electron chi connectivity index (χ0n) is 5.72. The minimum atomic E-state index is -2.02. The van der Waals surface area contributed by atoms with Crippen LogP contribution in [0.15, 0.2) is 17.3 Å². The van der Waals surface area contributed by atoms with Gasteiger partial charge in [-0.15, -0.1) is 0 Å². The average molecular weight is 174 g/mol. The summed E-state index contributed by atoms with van der Waals surface area (Å²) in [6, 6.07) is 0.180. The SMILES string of the molecule is COc1ncc(S(=O)O)cn1. The largest absolute Gasteiger partial charge is 0.467 e. The van der Waals surface area contributed by atoms with Gasteiger partial charge < -0.3 is 9.29 Å². The smallest absolute Gasteiger partial charge is 0.316 e. The van der Waals surface area contributed by atoms with Gasteiger partial charge >= 0.3 is 6.01 Å². The standard InChI is InChI=1S/C5H6N2O3S/c1-10-5-6-2-4(3-7-5)11(8)9/h2-3H,1H3,(H,8,9). The lowest BCUT2D eigenvalue weighted by Crippen LogP contribution is -1.94. The van der Waals surface area contributed by atoms with Crippen LogP contribution in [0.5, 0.6) is 6.01 Å². The van der Waals surface area contributed by atoms with E-state index in [1.807, 2.05) is 0 Å². The predicted molar refractivity (Wildman–Crippen MR) is 37.6 cm³/mol. The lowest BCUT2D eigenvalue weighted by atomic mass is 10.7. The molecule has 0 aliphatic carbocycles. The van der Waals surface area contributed by atoms with E-state index in [9.17, 15) is 4.21 Å².